The van der Waals surface area contributed by atoms with Crippen LogP contribution in [0.5, 0.6) is 5.75 Å². The molecule has 0 fully saturated rings. The summed E-state index contributed by atoms with van der Waals surface area (Å²) in [5, 5.41) is 0. The minimum absolute atomic E-state index is 0. The van der Waals surface area contributed by atoms with Crippen LogP contribution in [0.3, 0.4) is 0 Å². The molecule has 0 bridgehead atoms. The summed E-state index contributed by atoms with van der Waals surface area (Å²) < 4.78 is 48.2. The summed E-state index contributed by atoms with van der Waals surface area (Å²) in [7, 11) is -4.64. The molecular weight excluding hydrogens is 323 g/mol. The molecule has 7 nitrogen and oxygen atoms in total. The monoisotopic (exact) mass is 340 g/mol. The number of hydrogen-bond donors (Lipinski definition) is 0. The van der Waals surface area contributed by atoms with Crippen molar-refractivity contribution in [2.75, 3.05) is 33.0 Å². The fourth-order valence-corrected chi connectivity index (χ4v) is 2.04. The molecule has 0 aliphatic rings. The summed E-state index contributed by atoms with van der Waals surface area (Å²) in [5.74, 6) is -0.514. The summed E-state index contributed by atoms with van der Waals surface area (Å²) >= 11 is 0. The minimum atomic E-state index is -4.64. The molecule has 0 radical (unpaired) electrons. The number of hydrogen-bond acceptors (Lipinski definition) is 7. The number of Topliss-reactive ketones (excluding diaryl/α,β-unsaturated/α-hetero) is 1. The maximum Gasteiger partial charge on any atom is 1.00 e. The zero-order valence-electron chi connectivity index (χ0n) is 12.6. The topological polar surface area (TPSA) is 102 Å². The first-order valence-electron chi connectivity index (χ1n) is 6.30. The van der Waals surface area contributed by atoms with E-state index in [9.17, 15) is 17.8 Å². The average molecular weight is 340 g/mol. The molecule has 0 aliphatic heterocycles. The van der Waals surface area contributed by atoms with Crippen molar-refractivity contribution in [1.29, 1.82) is 0 Å². The number of carbonyl (C=O) groups excluding carboxylic acids is 1. The second-order valence-electron chi connectivity index (χ2n) is 3.98. The fourth-order valence-electron chi connectivity index (χ4n) is 1.42. The molecule has 0 amide bonds. The largest absolute Gasteiger partial charge is 1.00 e. The quantitative estimate of drug-likeness (QED) is 0.266. The molecule has 0 saturated carbocycles. The Morgan fingerprint density at radius 3 is 2.41 bits per heavy atom. The normalized spacial score (nSPS) is 10.8. The standard InChI is InChI=1S/C13H18O7S.Na/c1-2-18-7-8-19-9-11(14)10-20-12-5-3-4-6-13(12)21(15,16)17;/h3-6H,2,7-10H2,1H3,(H,15,16,17);/q;+1/p-1. The Morgan fingerprint density at radius 2 is 1.77 bits per heavy atom. The molecule has 1 aromatic carbocycles. The van der Waals surface area contributed by atoms with Gasteiger partial charge in [-0.25, -0.2) is 8.42 Å². The second-order valence-corrected chi connectivity index (χ2v) is 5.33. The Bertz CT molecular complexity index is 559. The third-order valence-electron chi connectivity index (χ3n) is 2.35. The van der Waals surface area contributed by atoms with Crippen LogP contribution in [-0.2, 0) is 24.4 Å². The molecule has 0 heterocycles. The van der Waals surface area contributed by atoms with Crippen LogP contribution in [0.2, 0.25) is 0 Å². The molecule has 1 rings (SSSR count). The van der Waals surface area contributed by atoms with E-state index in [1.54, 1.807) is 0 Å². The van der Waals surface area contributed by atoms with Crippen LogP contribution in [0.1, 0.15) is 6.92 Å². The summed E-state index contributed by atoms with van der Waals surface area (Å²) in [5.41, 5.74) is 0. The molecule has 0 N–H and O–H groups in total. The number of benzene rings is 1. The van der Waals surface area contributed by atoms with Crippen molar-refractivity contribution in [2.45, 2.75) is 11.8 Å². The zero-order valence-corrected chi connectivity index (χ0v) is 15.4. The molecule has 1 aromatic rings. The smallest absolute Gasteiger partial charge is 0.744 e. The Hall–Kier alpha value is -0.480. The van der Waals surface area contributed by atoms with Crippen molar-refractivity contribution in [3.05, 3.63) is 24.3 Å². The van der Waals surface area contributed by atoms with E-state index in [0.717, 1.165) is 6.07 Å². The number of carbonyl (C=O) groups is 1. The van der Waals surface area contributed by atoms with Gasteiger partial charge in [0.15, 0.2) is 5.78 Å². The molecule has 0 saturated heterocycles. The second kappa shape index (κ2) is 11.1. The van der Waals surface area contributed by atoms with E-state index in [0.29, 0.717) is 13.2 Å². The third kappa shape index (κ3) is 8.23. The zero-order chi connectivity index (χ0) is 15.7. The van der Waals surface area contributed by atoms with Gasteiger partial charge in [-0.3, -0.25) is 4.79 Å². The van der Waals surface area contributed by atoms with E-state index in [1.807, 2.05) is 6.92 Å². The summed E-state index contributed by atoms with van der Waals surface area (Å²) in [6.45, 7) is 2.55. The van der Waals surface area contributed by atoms with Gasteiger partial charge in [-0.1, -0.05) is 12.1 Å². The predicted octanol–water partition coefficient (Wildman–Crippen LogP) is -2.40. The van der Waals surface area contributed by atoms with Gasteiger partial charge in [0, 0.05) is 6.61 Å². The van der Waals surface area contributed by atoms with Crippen molar-refractivity contribution in [1.82, 2.24) is 0 Å². The molecular formula is C13H17NaO7S. The number of rotatable bonds is 10. The van der Waals surface area contributed by atoms with Crippen LogP contribution in [0, 0.1) is 0 Å². The fraction of sp³-hybridized carbons (Fsp3) is 0.462. The van der Waals surface area contributed by atoms with E-state index >= 15 is 0 Å². The molecule has 0 aromatic heterocycles. The van der Waals surface area contributed by atoms with Gasteiger partial charge < -0.3 is 18.8 Å². The molecule has 0 atom stereocenters. The van der Waals surface area contributed by atoms with Crippen molar-refractivity contribution >= 4 is 15.9 Å². The SMILES string of the molecule is CCOCCOCC(=O)COc1ccccc1S(=O)(=O)[O-].[Na+]. The van der Waals surface area contributed by atoms with Gasteiger partial charge >= 0.3 is 29.6 Å². The van der Waals surface area contributed by atoms with Crippen LogP contribution < -0.4 is 34.3 Å². The van der Waals surface area contributed by atoms with Crippen molar-refractivity contribution in [2.24, 2.45) is 0 Å². The first kappa shape index (κ1) is 21.5. The average Bonchev–Trinajstić information content (AvgIpc) is 2.44. The summed E-state index contributed by atoms with van der Waals surface area (Å²) in [4.78, 5) is 11.0. The van der Waals surface area contributed by atoms with Gasteiger partial charge in [-0.05, 0) is 19.1 Å². The van der Waals surface area contributed by atoms with Gasteiger partial charge in [0.25, 0.3) is 0 Å². The summed E-state index contributed by atoms with van der Waals surface area (Å²) in [6.07, 6.45) is 0. The minimum Gasteiger partial charge on any atom is -0.744 e. The van der Waals surface area contributed by atoms with Crippen LogP contribution >= 0.6 is 0 Å². The van der Waals surface area contributed by atoms with Crippen molar-refractivity contribution in [3.63, 3.8) is 0 Å². The van der Waals surface area contributed by atoms with E-state index < -0.39 is 15.0 Å². The van der Waals surface area contributed by atoms with Gasteiger partial charge in [0.05, 0.1) is 18.1 Å². The molecule has 0 aliphatic carbocycles. The van der Waals surface area contributed by atoms with Gasteiger partial charge in [0.2, 0.25) is 0 Å². The number of ketones is 1. The molecule has 0 spiro atoms. The Labute approximate surface area is 152 Å². The van der Waals surface area contributed by atoms with Gasteiger partial charge in [0.1, 0.15) is 29.1 Å². The third-order valence-corrected chi connectivity index (χ3v) is 3.22. The number of ether oxygens (including phenoxy) is 3. The summed E-state index contributed by atoms with van der Waals surface area (Å²) in [6, 6.07) is 5.35. The van der Waals surface area contributed by atoms with E-state index in [-0.39, 0.29) is 60.9 Å². The van der Waals surface area contributed by atoms with Gasteiger partial charge in [-0.15, -0.1) is 0 Å². The van der Waals surface area contributed by atoms with Crippen LogP contribution in [-0.4, -0.2) is 51.8 Å². The van der Waals surface area contributed by atoms with Crippen molar-refractivity contribution < 1.29 is 61.5 Å². The Morgan fingerprint density at radius 1 is 1.14 bits per heavy atom. The first-order valence-corrected chi connectivity index (χ1v) is 7.71. The Balaban J connectivity index is 0.00000441. The first-order chi connectivity index (χ1) is 9.95. The molecule has 118 valence electrons. The van der Waals surface area contributed by atoms with E-state index in [4.69, 9.17) is 14.2 Å². The Kier molecular flexibility index (Phi) is 10.9. The van der Waals surface area contributed by atoms with Crippen LogP contribution in [0.4, 0.5) is 0 Å². The molecule has 22 heavy (non-hydrogen) atoms. The predicted molar refractivity (Wildman–Crippen MR) is 72.2 cm³/mol. The van der Waals surface area contributed by atoms with Gasteiger partial charge in [-0.2, -0.15) is 0 Å². The number of para-hydroxylation sites is 1. The molecule has 9 heteroatoms. The van der Waals surface area contributed by atoms with Crippen LogP contribution in [0.15, 0.2) is 29.2 Å². The van der Waals surface area contributed by atoms with E-state index in [2.05, 4.69) is 0 Å². The van der Waals surface area contributed by atoms with Crippen molar-refractivity contribution in [3.8, 4) is 5.75 Å². The van der Waals surface area contributed by atoms with E-state index in [1.165, 1.54) is 18.2 Å². The molecule has 0 unspecified atom stereocenters. The van der Waals surface area contributed by atoms with Crippen LogP contribution in [0.25, 0.3) is 0 Å². The maximum atomic E-state index is 11.5. The maximum absolute atomic E-state index is 11.5.